The van der Waals surface area contributed by atoms with Crippen LogP contribution in [-0.2, 0) is 20.9 Å². The minimum absolute atomic E-state index is 0.0800. The molecule has 0 heterocycles. The minimum atomic E-state index is -4.41. The van der Waals surface area contributed by atoms with Crippen molar-refractivity contribution in [2.45, 2.75) is 12.8 Å². The molecule has 0 saturated carbocycles. The van der Waals surface area contributed by atoms with E-state index in [9.17, 15) is 27.6 Å². The van der Waals surface area contributed by atoms with Gasteiger partial charge in [-0.25, -0.2) is 9.59 Å². The lowest BCUT2D eigenvalue weighted by Crippen LogP contribution is -2.37. The summed E-state index contributed by atoms with van der Waals surface area (Å²) in [6.45, 7) is -2.33. The summed E-state index contributed by atoms with van der Waals surface area (Å²) in [6, 6.07) is 4.31. The monoisotopic (exact) mass is 334 g/mol. The van der Waals surface area contributed by atoms with Gasteiger partial charge in [-0.2, -0.15) is 13.2 Å². The fourth-order valence-electron chi connectivity index (χ4n) is 1.41. The number of primary amides is 1. The molecular weight excluding hydrogens is 321 g/mol. The van der Waals surface area contributed by atoms with Gasteiger partial charge in [-0.15, -0.1) is 0 Å². The van der Waals surface area contributed by atoms with Gasteiger partial charge < -0.3 is 15.2 Å². The van der Waals surface area contributed by atoms with Crippen LogP contribution in [0.2, 0.25) is 0 Å². The quantitative estimate of drug-likeness (QED) is 0.758. The van der Waals surface area contributed by atoms with Crippen molar-refractivity contribution in [1.82, 2.24) is 5.32 Å². The number of hydrogen-bond donors (Lipinski definition) is 2. The van der Waals surface area contributed by atoms with Crippen molar-refractivity contribution in [3.8, 4) is 0 Å². The molecule has 0 fully saturated rings. The maximum Gasteiger partial charge on any atom is 0.411 e. The molecule has 1 aromatic rings. The number of urea groups is 1. The first kappa shape index (κ1) is 18.4. The molecule has 0 atom stereocenters. The van der Waals surface area contributed by atoms with Gasteiger partial charge in [0.1, 0.15) is 6.61 Å². The van der Waals surface area contributed by atoms with Crippen molar-refractivity contribution in [3.05, 3.63) is 35.4 Å². The van der Waals surface area contributed by atoms with Gasteiger partial charge in [0, 0.05) is 0 Å². The summed E-state index contributed by atoms with van der Waals surface area (Å²) >= 11 is 0. The fraction of sp³-hybridized carbons (Fsp3) is 0.308. The molecule has 0 bridgehead atoms. The van der Waals surface area contributed by atoms with Crippen LogP contribution >= 0.6 is 0 Å². The second-order valence-electron chi connectivity index (χ2n) is 4.29. The molecule has 1 rings (SSSR count). The Balaban J connectivity index is 2.44. The number of carbonyl (C=O) groups excluding carboxylic acids is 3. The van der Waals surface area contributed by atoms with Gasteiger partial charge in [-0.05, 0) is 17.7 Å². The summed E-state index contributed by atoms with van der Waals surface area (Å²) in [6.07, 6.45) is -4.41. The molecule has 1 aromatic carbocycles. The van der Waals surface area contributed by atoms with Crippen LogP contribution in [0.25, 0.3) is 0 Å². The number of rotatable bonds is 6. The SMILES string of the molecule is NC(=O)NC(=O)COC(=O)c1ccc(COCC(F)(F)F)cc1. The number of imide groups is 1. The predicted molar refractivity (Wildman–Crippen MR) is 70.2 cm³/mol. The van der Waals surface area contributed by atoms with E-state index in [1.165, 1.54) is 24.3 Å². The Hall–Kier alpha value is -2.62. The van der Waals surface area contributed by atoms with Crippen molar-refractivity contribution in [2.75, 3.05) is 13.2 Å². The van der Waals surface area contributed by atoms with Crippen molar-refractivity contribution in [3.63, 3.8) is 0 Å². The van der Waals surface area contributed by atoms with E-state index in [1.807, 2.05) is 0 Å². The van der Waals surface area contributed by atoms with Crippen LogP contribution in [0.4, 0.5) is 18.0 Å². The molecule has 0 saturated heterocycles. The summed E-state index contributed by atoms with van der Waals surface area (Å²) in [5, 5.41) is 1.71. The first-order chi connectivity index (χ1) is 10.7. The second kappa shape index (κ2) is 8.13. The Bertz CT molecular complexity index is 572. The lowest BCUT2D eigenvalue weighted by atomic mass is 10.1. The number of ether oxygens (including phenoxy) is 2. The molecule has 0 aliphatic rings. The summed E-state index contributed by atoms with van der Waals surface area (Å²) in [7, 11) is 0. The molecule has 0 unspecified atom stereocenters. The number of benzene rings is 1. The van der Waals surface area contributed by atoms with E-state index in [0.29, 0.717) is 5.56 Å². The third kappa shape index (κ3) is 7.81. The van der Waals surface area contributed by atoms with Crippen LogP contribution in [0.3, 0.4) is 0 Å². The van der Waals surface area contributed by atoms with Gasteiger partial charge in [0.15, 0.2) is 6.61 Å². The third-order valence-corrected chi connectivity index (χ3v) is 2.32. The number of esters is 1. The number of carbonyl (C=O) groups is 3. The zero-order chi connectivity index (χ0) is 17.5. The summed E-state index contributed by atoms with van der Waals surface area (Å²) < 4.78 is 44.8. The molecule has 0 aromatic heterocycles. The topological polar surface area (TPSA) is 108 Å². The second-order valence-corrected chi connectivity index (χ2v) is 4.29. The highest BCUT2D eigenvalue weighted by Crippen LogP contribution is 2.16. The fourth-order valence-corrected chi connectivity index (χ4v) is 1.41. The van der Waals surface area contributed by atoms with E-state index >= 15 is 0 Å². The summed E-state index contributed by atoms with van der Waals surface area (Å²) in [4.78, 5) is 33.0. The van der Waals surface area contributed by atoms with Crippen molar-refractivity contribution >= 4 is 17.9 Å². The smallest absolute Gasteiger partial charge is 0.411 e. The Labute approximate surface area is 128 Å². The van der Waals surface area contributed by atoms with Crippen LogP contribution in [0.15, 0.2) is 24.3 Å². The molecule has 23 heavy (non-hydrogen) atoms. The van der Waals surface area contributed by atoms with Gasteiger partial charge in [0.25, 0.3) is 5.91 Å². The predicted octanol–water partition coefficient (Wildman–Crippen LogP) is 1.12. The average Bonchev–Trinajstić information content (AvgIpc) is 2.43. The highest BCUT2D eigenvalue weighted by atomic mass is 19.4. The van der Waals surface area contributed by atoms with Crippen LogP contribution in [-0.4, -0.2) is 37.3 Å². The molecule has 0 spiro atoms. The normalized spacial score (nSPS) is 10.9. The van der Waals surface area contributed by atoms with E-state index in [2.05, 4.69) is 9.47 Å². The maximum absolute atomic E-state index is 11.9. The van der Waals surface area contributed by atoms with Crippen LogP contribution < -0.4 is 11.1 Å². The van der Waals surface area contributed by atoms with Crippen LogP contribution in [0.1, 0.15) is 15.9 Å². The largest absolute Gasteiger partial charge is 0.452 e. The molecule has 10 heteroatoms. The Morgan fingerprint density at radius 3 is 2.26 bits per heavy atom. The molecule has 0 aliphatic carbocycles. The standard InChI is InChI=1S/C13H13F3N2O5/c14-13(15,16)7-22-5-8-1-3-9(4-2-8)11(20)23-6-10(19)18-12(17)21/h1-4H,5-7H2,(H3,17,18,19,21). The maximum atomic E-state index is 11.9. The molecule has 126 valence electrons. The first-order valence-electron chi connectivity index (χ1n) is 6.17. The molecule has 3 amide bonds. The Kier molecular flexibility index (Phi) is 6.51. The van der Waals surface area contributed by atoms with Crippen molar-refractivity contribution in [2.24, 2.45) is 5.73 Å². The number of nitrogens with two attached hydrogens (primary N) is 1. The molecule has 0 radical (unpaired) electrons. The van der Waals surface area contributed by atoms with Crippen molar-refractivity contribution < 1.29 is 37.0 Å². The van der Waals surface area contributed by atoms with Gasteiger partial charge in [0.2, 0.25) is 0 Å². The van der Waals surface area contributed by atoms with E-state index in [4.69, 9.17) is 5.73 Å². The first-order valence-corrected chi connectivity index (χ1v) is 6.17. The van der Waals surface area contributed by atoms with E-state index < -0.39 is 37.3 Å². The molecule has 7 nitrogen and oxygen atoms in total. The van der Waals surface area contributed by atoms with Gasteiger partial charge in [-0.3, -0.25) is 10.1 Å². The lowest BCUT2D eigenvalue weighted by Gasteiger charge is -2.08. The van der Waals surface area contributed by atoms with E-state index in [-0.39, 0.29) is 12.2 Å². The zero-order valence-corrected chi connectivity index (χ0v) is 11.7. The number of halogens is 3. The minimum Gasteiger partial charge on any atom is -0.452 e. The number of alkyl halides is 3. The Morgan fingerprint density at radius 2 is 1.74 bits per heavy atom. The van der Waals surface area contributed by atoms with Crippen LogP contribution in [0, 0.1) is 0 Å². The van der Waals surface area contributed by atoms with Crippen molar-refractivity contribution in [1.29, 1.82) is 0 Å². The third-order valence-electron chi connectivity index (χ3n) is 2.32. The zero-order valence-electron chi connectivity index (χ0n) is 11.7. The highest BCUT2D eigenvalue weighted by molar-refractivity contribution is 5.96. The molecule has 0 aliphatic heterocycles. The van der Waals surface area contributed by atoms with E-state index in [1.54, 1.807) is 5.32 Å². The number of nitrogens with one attached hydrogen (secondary N) is 1. The van der Waals surface area contributed by atoms with Gasteiger partial charge >= 0.3 is 18.2 Å². The Morgan fingerprint density at radius 1 is 1.13 bits per heavy atom. The molecular formula is C13H13F3N2O5. The van der Waals surface area contributed by atoms with Gasteiger partial charge in [-0.1, -0.05) is 12.1 Å². The van der Waals surface area contributed by atoms with E-state index in [0.717, 1.165) is 0 Å². The average molecular weight is 334 g/mol. The number of amides is 3. The number of hydrogen-bond acceptors (Lipinski definition) is 5. The van der Waals surface area contributed by atoms with Crippen LogP contribution in [0.5, 0.6) is 0 Å². The van der Waals surface area contributed by atoms with Gasteiger partial charge in [0.05, 0.1) is 12.2 Å². The summed E-state index contributed by atoms with van der Waals surface area (Å²) in [5.41, 5.74) is 5.21. The summed E-state index contributed by atoms with van der Waals surface area (Å²) in [5.74, 6) is -1.73. The highest BCUT2D eigenvalue weighted by Gasteiger charge is 2.27. The molecule has 3 N–H and O–H groups in total. The lowest BCUT2D eigenvalue weighted by molar-refractivity contribution is -0.176.